The number of halogens is 6. The molecule has 0 aromatic heterocycles. The molecule has 1 aliphatic carbocycles. The first-order valence-corrected chi connectivity index (χ1v) is 24.0. The minimum absolute atomic E-state index is 0.238. The first kappa shape index (κ1) is 33.0. The van der Waals surface area contributed by atoms with Crippen LogP contribution < -0.4 is 5.63 Å². The number of alkyl halides is 6. The van der Waals surface area contributed by atoms with Crippen LogP contribution in [0.4, 0.5) is 26.3 Å². The topological polar surface area (TPSA) is 18.5 Å². The number of hydrogen-bond donors (Lipinski definition) is 0. The van der Waals surface area contributed by atoms with Crippen LogP contribution in [0.15, 0.2) is 140 Å². The zero-order valence-electron chi connectivity index (χ0n) is 24.9. The van der Waals surface area contributed by atoms with Crippen molar-refractivity contribution in [2.24, 2.45) is 0 Å². The maximum atomic E-state index is 13.5. The summed E-state index contributed by atoms with van der Waals surface area (Å²) in [5, 5.41) is 0. The van der Waals surface area contributed by atoms with Crippen LogP contribution in [0.25, 0.3) is 6.08 Å². The Hall–Kier alpha value is -3.88. The van der Waals surface area contributed by atoms with Gasteiger partial charge in [-0.15, -0.1) is 0 Å². The third kappa shape index (κ3) is 7.65. The Balaban J connectivity index is 1.62. The van der Waals surface area contributed by atoms with E-state index in [1.807, 2.05) is 91.0 Å². The van der Waals surface area contributed by atoms with E-state index in [-0.39, 0.29) is 15.1 Å². The van der Waals surface area contributed by atoms with Gasteiger partial charge in [0, 0.05) is 0 Å². The summed E-state index contributed by atoms with van der Waals surface area (Å²) in [5.74, 6) is 0.476. The number of rotatable bonds is 9. The van der Waals surface area contributed by atoms with Crippen molar-refractivity contribution >= 4 is 11.5 Å². The number of allylic oxidation sites excluding steroid dienone is 1. The molecule has 239 valence electrons. The maximum absolute atomic E-state index is 13.5. The van der Waals surface area contributed by atoms with E-state index in [2.05, 4.69) is 6.08 Å². The van der Waals surface area contributed by atoms with E-state index < -0.39 is 48.7 Å². The van der Waals surface area contributed by atoms with Crippen LogP contribution >= 0.6 is 0 Å². The second-order valence-corrected chi connectivity index (χ2v) is 28.4. The molecule has 0 spiro atoms. The third-order valence-electron chi connectivity index (χ3n) is 8.12. The van der Waals surface area contributed by atoms with E-state index in [9.17, 15) is 26.3 Å². The van der Waals surface area contributed by atoms with Crippen molar-refractivity contribution in [3.8, 4) is 11.5 Å². The molecule has 5 aromatic rings. The molecule has 0 aliphatic heterocycles. The zero-order chi connectivity index (χ0) is 33.1. The monoisotopic (exact) mass is 737 g/mol. The molecule has 1 aliphatic rings. The van der Waals surface area contributed by atoms with Crippen LogP contribution in [0.2, 0.25) is 0 Å². The number of hydrogen-bond acceptors (Lipinski definition) is 2. The predicted octanol–water partition coefficient (Wildman–Crippen LogP) is 10.5. The van der Waals surface area contributed by atoms with Crippen LogP contribution in [-0.4, -0.2) is 5.43 Å². The molecule has 0 saturated carbocycles. The Labute approximate surface area is 274 Å². The molecule has 0 heterocycles. The predicted molar refractivity (Wildman–Crippen MR) is 168 cm³/mol. The summed E-state index contributed by atoms with van der Waals surface area (Å²) in [6, 6.07) is 38.1. The van der Waals surface area contributed by atoms with Crippen LogP contribution in [0.1, 0.15) is 37.0 Å². The quantitative estimate of drug-likeness (QED) is 0.111. The fraction of sp³-hybridized carbons (Fsp3) is 0.135. The van der Waals surface area contributed by atoms with Crippen molar-refractivity contribution in [1.29, 1.82) is 0 Å². The Morgan fingerprint density at radius 3 is 1.40 bits per heavy atom. The molecule has 6 rings (SSSR count). The average Bonchev–Trinajstić information content (AvgIpc) is 3.50. The van der Waals surface area contributed by atoms with Crippen molar-refractivity contribution in [3.63, 3.8) is 0 Å². The Morgan fingerprint density at radius 2 is 0.957 bits per heavy atom. The second kappa shape index (κ2) is 13.7. The third-order valence-corrected chi connectivity index (χ3v) is 29.6. The van der Waals surface area contributed by atoms with Gasteiger partial charge in [0.05, 0.1) is 0 Å². The first-order chi connectivity index (χ1) is 22.5. The van der Waals surface area contributed by atoms with Crippen molar-refractivity contribution in [2.45, 2.75) is 28.1 Å². The summed E-state index contributed by atoms with van der Waals surface area (Å²) in [4.78, 5) is 0. The molecule has 1 unspecified atom stereocenters. The van der Waals surface area contributed by atoms with Crippen LogP contribution in [0, 0.1) is 0 Å². The summed E-state index contributed by atoms with van der Waals surface area (Å²) < 4.78 is 95.2. The first-order valence-electron chi connectivity index (χ1n) is 14.9. The summed E-state index contributed by atoms with van der Waals surface area (Å²) >= 11 is -4.90. The van der Waals surface area contributed by atoms with E-state index in [0.717, 1.165) is 46.5 Å². The summed E-state index contributed by atoms with van der Waals surface area (Å²) in [7, 11) is 0. The summed E-state index contributed by atoms with van der Waals surface area (Å²) in [6.45, 7) is 0. The average molecular weight is 739 g/mol. The Bertz CT molecular complexity index is 1800. The Morgan fingerprint density at radius 1 is 0.532 bits per heavy atom. The normalized spacial score (nSPS) is 14.5. The van der Waals surface area contributed by atoms with Crippen molar-refractivity contribution in [1.82, 2.24) is 0 Å². The summed E-state index contributed by atoms with van der Waals surface area (Å²) in [5.41, 5.74) is 0.683. The molecule has 0 amide bonds. The molecule has 0 N–H and O–H groups in total. The molecule has 5 aromatic carbocycles. The molecule has 10 heteroatoms. The second-order valence-electron chi connectivity index (χ2n) is 11.3. The minimum atomic E-state index is -4.90. The van der Waals surface area contributed by atoms with Crippen molar-refractivity contribution < 1.29 is 51.7 Å². The van der Waals surface area contributed by atoms with Gasteiger partial charge in [-0.25, -0.2) is 0 Å². The van der Waals surface area contributed by atoms with Gasteiger partial charge in [-0.1, -0.05) is 0 Å². The fourth-order valence-corrected chi connectivity index (χ4v) is 29.2. The molecule has 1 atom stereocenters. The zero-order valence-corrected chi connectivity index (χ0v) is 28.4. The molecule has 0 bridgehead atoms. The Kier molecular flexibility index (Phi) is 9.62. The van der Waals surface area contributed by atoms with Crippen LogP contribution in [-0.2, 0) is 44.2 Å². The van der Waals surface area contributed by atoms with E-state index >= 15 is 0 Å². The summed E-state index contributed by atoms with van der Waals surface area (Å²) in [6.07, 6.45) is -5.01. The molecular formula is C37H29F6O2SiZr. The SMILES string of the molecule is FC(F)(F)c1ccc([O][Zr]([O]c2ccc(C(F)(F)F)cc2)([CH]2C=Cc3ccccc32)=[Si](Cc2ccccc2)Cc2ccccc2)cc1. The molecule has 0 fully saturated rings. The number of fused-ring (bicyclic) bond motifs is 1. The van der Waals surface area contributed by atoms with Crippen LogP contribution in [0.5, 0.6) is 11.5 Å². The molecule has 0 saturated heterocycles. The van der Waals surface area contributed by atoms with Gasteiger partial charge in [-0.2, -0.15) is 0 Å². The van der Waals surface area contributed by atoms with E-state index in [1.165, 1.54) is 24.3 Å². The van der Waals surface area contributed by atoms with Gasteiger partial charge < -0.3 is 0 Å². The molecule has 2 nitrogen and oxygen atoms in total. The number of benzene rings is 5. The van der Waals surface area contributed by atoms with Crippen molar-refractivity contribution in [3.05, 3.63) is 173 Å². The van der Waals surface area contributed by atoms with Gasteiger partial charge in [0.15, 0.2) is 0 Å². The molecule has 47 heavy (non-hydrogen) atoms. The van der Waals surface area contributed by atoms with Gasteiger partial charge in [0.1, 0.15) is 0 Å². The fourth-order valence-electron chi connectivity index (χ4n) is 5.86. The van der Waals surface area contributed by atoms with Gasteiger partial charge in [-0.05, 0) is 0 Å². The van der Waals surface area contributed by atoms with Gasteiger partial charge in [0.2, 0.25) is 0 Å². The molecular weight excluding hydrogens is 710 g/mol. The van der Waals surface area contributed by atoms with Gasteiger partial charge in [0.25, 0.3) is 0 Å². The van der Waals surface area contributed by atoms with E-state index in [0.29, 0.717) is 12.1 Å². The van der Waals surface area contributed by atoms with E-state index in [1.54, 1.807) is 0 Å². The van der Waals surface area contributed by atoms with Gasteiger partial charge >= 0.3 is 276 Å². The van der Waals surface area contributed by atoms with Crippen LogP contribution in [0.3, 0.4) is 0 Å². The van der Waals surface area contributed by atoms with Crippen molar-refractivity contribution in [2.75, 3.05) is 0 Å². The standard InChI is InChI=1S/C14H14Si.C9H7.2C7H5F3O.Zr/c1-3-7-13(8-4-1)11-15-12-14-9-5-2-6-10-14;1-2-5-9-7-3-6-8(9)4-1;2*8-7(9,10)5-1-3-6(11)4-2-5;/h1-10H,11-12H2;1-7H;2*1-4,11H;/q;;;;+2/p-2. The van der Waals surface area contributed by atoms with Gasteiger partial charge in [-0.3, -0.25) is 0 Å². The van der Waals surface area contributed by atoms with E-state index in [4.69, 9.17) is 5.63 Å². The molecule has 0 radical (unpaired) electrons.